The Labute approximate surface area is 633 Å². The minimum Gasteiger partial charge on any atom is -0.385 e. The number of benzene rings is 15. The molecule has 530 valence electrons. The van der Waals surface area contributed by atoms with Crippen LogP contribution in [0.2, 0.25) is 0 Å². The Morgan fingerprint density at radius 3 is 0.439 bits per heavy atom. The molecular formula is C102H93O4P. The standard InChI is InChI=1S/C102H93O4P/c1-58-34-25-35-59(2)82(58)91-76-52-19-22-55-79(76)100(97(88-70(13)46-31-47-71(88)14)94(91)85-64(7)40-28-41-65(85)8)104-107(103,105-101-80-56-23-20-53-77(80)92(83-60(3)36-26-37-61(83)4)95(86-66(9)42-29-43-67(86)10)98(101)89-72(15)48-32-49-73(89)16)106-102-81-57-24-21-54-78(81)93(84-62(5)38-27-39-63(84)6)96(87-68(11)44-30-45-69(87)12)99(102)90-74(17)50-33-51-75(90)18/h19-57H,1-18H3. The summed E-state index contributed by atoms with van der Waals surface area (Å²) in [6.45, 7) is 39.7. The maximum absolute atomic E-state index is 19.8. The molecule has 0 radical (unpaired) electrons. The molecule has 15 rings (SSSR count). The molecule has 15 aromatic carbocycles. The second-order valence-electron chi connectivity index (χ2n) is 30.1. The fourth-order valence-corrected chi connectivity index (χ4v) is 19.4. The first-order valence-corrected chi connectivity index (χ1v) is 39.0. The molecule has 0 N–H and O–H groups in total. The van der Waals surface area contributed by atoms with E-state index in [1.165, 1.54) is 0 Å². The summed E-state index contributed by atoms with van der Waals surface area (Å²) in [7, 11) is -5.45. The molecule has 15 aromatic rings. The number of hydrogen-bond donors (Lipinski definition) is 0. The van der Waals surface area contributed by atoms with Gasteiger partial charge in [-0.15, -0.1) is 0 Å². The summed E-state index contributed by atoms with van der Waals surface area (Å²) in [4.78, 5) is 0. The average Bonchev–Trinajstić information content (AvgIpc) is 0.719. The summed E-state index contributed by atoms with van der Waals surface area (Å²) in [6, 6.07) is 84.7. The zero-order chi connectivity index (χ0) is 75.2. The highest BCUT2D eigenvalue weighted by Gasteiger charge is 2.43. The molecule has 0 aliphatic carbocycles. The van der Waals surface area contributed by atoms with E-state index in [4.69, 9.17) is 13.6 Å². The highest BCUT2D eigenvalue weighted by molar-refractivity contribution is 7.50. The van der Waals surface area contributed by atoms with E-state index in [9.17, 15) is 0 Å². The Kier molecular flexibility index (Phi) is 18.8. The number of phosphoric acid groups is 1. The second-order valence-corrected chi connectivity index (χ2v) is 31.6. The van der Waals surface area contributed by atoms with Crippen molar-refractivity contribution in [3.63, 3.8) is 0 Å². The molecule has 0 amide bonds. The van der Waals surface area contributed by atoms with E-state index < -0.39 is 7.82 Å². The Hall–Kier alpha value is -11.3. The summed E-state index contributed by atoms with van der Waals surface area (Å²) in [5.74, 6) is 1.11. The lowest BCUT2D eigenvalue weighted by Gasteiger charge is -2.32. The number of fused-ring (bicyclic) bond motifs is 3. The first kappa shape index (κ1) is 71.3. The lowest BCUT2D eigenvalue weighted by Crippen LogP contribution is -2.13. The van der Waals surface area contributed by atoms with Crippen LogP contribution in [0.15, 0.2) is 237 Å². The maximum Gasteiger partial charge on any atom is 0.647 e. The molecule has 0 fully saturated rings. The van der Waals surface area contributed by atoms with Gasteiger partial charge in [-0.25, -0.2) is 0 Å². The van der Waals surface area contributed by atoms with E-state index >= 15 is 4.57 Å². The minimum atomic E-state index is -5.45. The number of phosphoric ester groups is 1. The van der Waals surface area contributed by atoms with Crippen molar-refractivity contribution < 1.29 is 18.1 Å². The van der Waals surface area contributed by atoms with Crippen LogP contribution in [-0.2, 0) is 4.57 Å². The number of aryl methyl sites for hydroxylation is 18. The number of hydrogen-bond acceptors (Lipinski definition) is 4. The minimum absolute atomic E-state index is 0.370. The summed E-state index contributed by atoms with van der Waals surface area (Å²) in [6.07, 6.45) is 0. The molecule has 0 unspecified atom stereocenters. The fourth-order valence-electron chi connectivity index (χ4n) is 18.0. The van der Waals surface area contributed by atoms with Crippen LogP contribution in [0.4, 0.5) is 0 Å². The summed E-state index contributed by atoms with van der Waals surface area (Å²) >= 11 is 0. The largest absolute Gasteiger partial charge is 0.647 e. The smallest absolute Gasteiger partial charge is 0.385 e. The van der Waals surface area contributed by atoms with Gasteiger partial charge < -0.3 is 13.6 Å². The molecule has 0 saturated carbocycles. The van der Waals surface area contributed by atoms with Gasteiger partial charge in [-0.1, -0.05) is 237 Å². The van der Waals surface area contributed by atoms with E-state index in [1.54, 1.807) is 0 Å². The van der Waals surface area contributed by atoms with Crippen LogP contribution in [0.3, 0.4) is 0 Å². The van der Waals surface area contributed by atoms with Crippen molar-refractivity contribution in [1.29, 1.82) is 0 Å². The summed E-state index contributed by atoms with van der Waals surface area (Å²) in [5.41, 5.74) is 37.2. The van der Waals surface area contributed by atoms with Crippen molar-refractivity contribution in [3.8, 4) is 117 Å². The lowest BCUT2D eigenvalue weighted by atomic mass is 9.77. The quantitative estimate of drug-likeness (QED) is 0.0960. The van der Waals surface area contributed by atoms with Gasteiger partial charge in [0, 0.05) is 49.5 Å². The van der Waals surface area contributed by atoms with Gasteiger partial charge in [-0.3, -0.25) is 0 Å². The predicted molar refractivity (Wildman–Crippen MR) is 456 cm³/mol. The third-order valence-corrected chi connectivity index (χ3v) is 23.9. The van der Waals surface area contributed by atoms with Crippen molar-refractivity contribution in [3.05, 3.63) is 337 Å². The zero-order valence-electron chi connectivity index (χ0n) is 65.1. The van der Waals surface area contributed by atoms with Crippen LogP contribution in [0.1, 0.15) is 100 Å². The average molecular weight is 1410 g/mol. The monoisotopic (exact) mass is 1410 g/mol. The molecular weight excluding hydrogens is 1320 g/mol. The summed E-state index contributed by atoms with van der Waals surface area (Å²) in [5, 5.41) is 5.00. The predicted octanol–water partition coefficient (Wildman–Crippen LogP) is 29.3. The van der Waals surface area contributed by atoms with Gasteiger partial charge in [0.05, 0.1) is 0 Å². The van der Waals surface area contributed by atoms with Gasteiger partial charge in [-0.05, 0) is 308 Å². The molecule has 4 nitrogen and oxygen atoms in total. The van der Waals surface area contributed by atoms with Crippen molar-refractivity contribution in [2.24, 2.45) is 0 Å². The van der Waals surface area contributed by atoms with Crippen molar-refractivity contribution in [2.75, 3.05) is 0 Å². The third kappa shape index (κ3) is 12.2. The Bertz CT molecular complexity index is 5460. The van der Waals surface area contributed by atoms with Gasteiger partial charge in [-0.2, -0.15) is 4.57 Å². The molecule has 0 saturated heterocycles. The van der Waals surface area contributed by atoms with Crippen LogP contribution in [0.25, 0.3) is 132 Å². The molecule has 0 aromatic heterocycles. The Morgan fingerprint density at radius 2 is 0.280 bits per heavy atom. The molecule has 0 aliphatic rings. The van der Waals surface area contributed by atoms with Crippen LogP contribution in [-0.4, -0.2) is 0 Å². The number of rotatable bonds is 15. The normalized spacial score (nSPS) is 11.7. The van der Waals surface area contributed by atoms with Crippen molar-refractivity contribution >= 4 is 40.1 Å². The van der Waals surface area contributed by atoms with E-state index in [1.807, 2.05) is 0 Å². The highest BCUT2D eigenvalue weighted by atomic mass is 31.2. The SMILES string of the molecule is Cc1cccc(C)c1-c1c(-c2c(C)cccc2C)c(-c2c(C)cccc2C)c2ccccc2c1OP(=O)(Oc1c(-c2c(C)cccc2C)c(-c2c(C)cccc2C)c(-c2c(C)cccc2C)c2ccccc12)Oc1c(-c2c(C)cccc2C)c(-c2c(C)cccc2C)c(-c2c(C)cccc2C)c2ccccc12. The first-order chi connectivity index (χ1) is 51.5. The van der Waals surface area contributed by atoms with Gasteiger partial charge in [0.1, 0.15) is 17.2 Å². The molecule has 5 heteroatoms. The first-order valence-electron chi connectivity index (χ1n) is 37.5. The molecule has 0 spiro atoms. The second kappa shape index (κ2) is 28.2. The molecule has 107 heavy (non-hydrogen) atoms. The molecule has 0 heterocycles. The Morgan fingerprint density at radius 1 is 0.150 bits per heavy atom. The van der Waals surface area contributed by atoms with Gasteiger partial charge >= 0.3 is 7.82 Å². The Balaban J connectivity index is 1.21. The van der Waals surface area contributed by atoms with E-state index in [-0.39, 0.29) is 0 Å². The van der Waals surface area contributed by atoms with Crippen LogP contribution in [0, 0.1) is 125 Å². The molecule has 0 bridgehead atoms. The van der Waals surface area contributed by atoms with Crippen molar-refractivity contribution in [2.45, 2.75) is 125 Å². The summed E-state index contributed by atoms with van der Waals surface area (Å²) < 4.78 is 45.0. The van der Waals surface area contributed by atoms with Gasteiger partial charge in [0.25, 0.3) is 0 Å². The van der Waals surface area contributed by atoms with Crippen LogP contribution in [0.5, 0.6) is 17.2 Å². The van der Waals surface area contributed by atoms with E-state index in [0.717, 1.165) is 233 Å². The van der Waals surface area contributed by atoms with Gasteiger partial charge in [0.2, 0.25) is 0 Å². The molecule has 0 atom stereocenters. The third-order valence-electron chi connectivity index (χ3n) is 22.7. The topological polar surface area (TPSA) is 44.8 Å². The fraction of sp³-hybridized carbons (Fsp3) is 0.176. The maximum atomic E-state index is 19.8. The van der Waals surface area contributed by atoms with E-state index in [0.29, 0.717) is 17.2 Å². The van der Waals surface area contributed by atoms with Crippen LogP contribution < -0.4 is 13.6 Å². The van der Waals surface area contributed by atoms with Gasteiger partial charge in [0.15, 0.2) is 0 Å². The molecule has 0 aliphatic heterocycles. The zero-order valence-corrected chi connectivity index (χ0v) is 66.0. The lowest BCUT2D eigenvalue weighted by molar-refractivity contribution is 0.303. The van der Waals surface area contributed by atoms with Crippen LogP contribution >= 0.6 is 7.82 Å². The highest BCUT2D eigenvalue weighted by Crippen LogP contribution is 2.66. The van der Waals surface area contributed by atoms with Crippen molar-refractivity contribution in [1.82, 2.24) is 0 Å². The van der Waals surface area contributed by atoms with E-state index in [2.05, 4.69) is 361 Å².